The van der Waals surface area contributed by atoms with Crippen LogP contribution in [0.25, 0.3) is 0 Å². The summed E-state index contributed by atoms with van der Waals surface area (Å²) in [6.07, 6.45) is 4.69. The number of hydrogen-bond acceptors (Lipinski definition) is 4. The average molecular weight is 379 g/mol. The highest BCUT2D eigenvalue weighted by molar-refractivity contribution is 7.89. The Morgan fingerprint density at radius 2 is 1.65 bits per heavy atom. The molecule has 2 amide bonds. The Labute approximate surface area is 154 Å². The van der Waals surface area contributed by atoms with Gasteiger partial charge >= 0.3 is 0 Å². The van der Waals surface area contributed by atoms with Crippen molar-refractivity contribution in [3.05, 3.63) is 29.8 Å². The third-order valence-corrected chi connectivity index (χ3v) is 6.65. The van der Waals surface area contributed by atoms with Crippen molar-refractivity contribution in [1.82, 2.24) is 14.9 Å². The van der Waals surface area contributed by atoms with E-state index in [2.05, 4.69) is 10.6 Å². The molecule has 8 heteroatoms. The van der Waals surface area contributed by atoms with Crippen molar-refractivity contribution in [2.75, 3.05) is 19.6 Å². The minimum atomic E-state index is -3.43. The van der Waals surface area contributed by atoms with Gasteiger partial charge in [0.1, 0.15) is 0 Å². The van der Waals surface area contributed by atoms with Crippen LogP contribution in [0.4, 0.5) is 0 Å². The average Bonchev–Trinajstić information content (AvgIpc) is 3.51. The molecule has 1 saturated heterocycles. The SMILES string of the molecule is O=C(CNC(=O)C1CC1)NCc1ccc(S(=O)(=O)N2CCCCC2)cc1. The van der Waals surface area contributed by atoms with E-state index in [0.717, 1.165) is 37.7 Å². The second kappa shape index (κ2) is 8.18. The van der Waals surface area contributed by atoms with Crippen LogP contribution in [0.15, 0.2) is 29.2 Å². The Morgan fingerprint density at radius 1 is 1.00 bits per heavy atom. The predicted octanol–water partition coefficient (Wildman–Crippen LogP) is 1.00. The summed E-state index contributed by atoms with van der Waals surface area (Å²) in [5.41, 5.74) is 0.810. The van der Waals surface area contributed by atoms with Gasteiger partial charge in [-0.1, -0.05) is 18.6 Å². The van der Waals surface area contributed by atoms with Gasteiger partial charge in [0.2, 0.25) is 21.8 Å². The third-order valence-electron chi connectivity index (χ3n) is 4.74. The molecule has 2 aliphatic rings. The second-order valence-electron chi connectivity index (χ2n) is 6.88. The lowest BCUT2D eigenvalue weighted by atomic mass is 10.2. The summed E-state index contributed by atoms with van der Waals surface area (Å²) in [4.78, 5) is 23.5. The summed E-state index contributed by atoms with van der Waals surface area (Å²) in [5, 5.41) is 5.33. The first-order valence-corrected chi connectivity index (χ1v) is 10.5. The van der Waals surface area contributed by atoms with Crippen molar-refractivity contribution in [3.63, 3.8) is 0 Å². The number of nitrogens with zero attached hydrogens (tertiary/aromatic N) is 1. The molecule has 0 atom stereocenters. The number of hydrogen-bond donors (Lipinski definition) is 2. The van der Waals surface area contributed by atoms with Crippen molar-refractivity contribution in [2.45, 2.75) is 43.5 Å². The summed E-state index contributed by atoms with van der Waals surface area (Å²) in [6.45, 7) is 1.42. The fourth-order valence-electron chi connectivity index (χ4n) is 2.95. The van der Waals surface area contributed by atoms with Crippen molar-refractivity contribution in [3.8, 4) is 0 Å². The van der Waals surface area contributed by atoms with Gasteiger partial charge in [0.25, 0.3) is 0 Å². The molecule has 0 spiro atoms. The van der Waals surface area contributed by atoms with E-state index < -0.39 is 10.0 Å². The molecule has 2 N–H and O–H groups in total. The molecule has 0 unspecified atom stereocenters. The third kappa shape index (κ3) is 4.82. The highest BCUT2D eigenvalue weighted by Gasteiger charge is 2.29. The van der Waals surface area contributed by atoms with E-state index in [4.69, 9.17) is 0 Å². The normalized spacial score (nSPS) is 18.3. The first-order chi connectivity index (χ1) is 12.5. The monoisotopic (exact) mass is 379 g/mol. The van der Waals surface area contributed by atoms with Gasteiger partial charge < -0.3 is 10.6 Å². The molecular weight excluding hydrogens is 354 g/mol. The van der Waals surface area contributed by atoms with Crippen LogP contribution in [0.2, 0.25) is 0 Å². The van der Waals surface area contributed by atoms with Gasteiger partial charge in [-0.15, -0.1) is 0 Å². The van der Waals surface area contributed by atoms with E-state index in [1.165, 1.54) is 4.31 Å². The number of benzene rings is 1. The smallest absolute Gasteiger partial charge is 0.243 e. The maximum Gasteiger partial charge on any atom is 0.243 e. The van der Waals surface area contributed by atoms with Gasteiger partial charge in [0.05, 0.1) is 11.4 Å². The molecule has 0 bridgehead atoms. The zero-order chi connectivity index (χ0) is 18.6. The zero-order valence-corrected chi connectivity index (χ0v) is 15.6. The van der Waals surface area contributed by atoms with Gasteiger partial charge in [0.15, 0.2) is 0 Å². The number of carbonyl (C=O) groups is 2. The van der Waals surface area contributed by atoms with Crippen LogP contribution >= 0.6 is 0 Å². The summed E-state index contributed by atoms with van der Waals surface area (Å²) in [7, 11) is -3.43. The second-order valence-corrected chi connectivity index (χ2v) is 8.82. The van der Waals surface area contributed by atoms with E-state index in [0.29, 0.717) is 19.6 Å². The summed E-state index contributed by atoms with van der Waals surface area (Å²) in [5.74, 6) is -0.242. The molecule has 26 heavy (non-hydrogen) atoms. The van der Waals surface area contributed by atoms with Crippen LogP contribution < -0.4 is 10.6 Å². The lowest BCUT2D eigenvalue weighted by Gasteiger charge is -2.25. The highest BCUT2D eigenvalue weighted by Crippen LogP contribution is 2.28. The molecule has 1 aromatic carbocycles. The predicted molar refractivity (Wildman–Crippen MR) is 96.6 cm³/mol. The molecule has 3 rings (SSSR count). The molecule has 0 aromatic heterocycles. The number of carbonyl (C=O) groups excluding carboxylic acids is 2. The van der Waals surface area contributed by atoms with Gasteiger partial charge in [-0.05, 0) is 43.4 Å². The lowest BCUT2D eigenvalue weighted by Crippen LogP contribution is -2.37. The molecule has 1 aromatic rings. The van der Waals surface area contributed by atoms with E-state index in [1.54, 1.807) is 24.3 Å². The zero-order valence-electron chi connectivity index (χ0n) is 14.7. The molecule has 2 fully saturated rings. The molecule has 142 valence electrons. The molecule has 7 nitrogen and oxygen atoms in total. The number of piperidine rings is 1. The van der Waals surface area contributed by atoms with Gasteiger partial charge in [-0.25, -0.2) is 8.42 Å². The molecular formula is C18H25N3O4S. The van der Waals surface area contributed by atoms with E-state index in [9.17, 15) is 18.0 Å². The van der Waals surface area contributed by atoms with Crippen LogP contribution in [0.3, 0.4) is 0 Å². The number of nitrogens with one attached hydrogen (secondary N) is 2. The van der Waals surface area contributed by atoms with E-state index in [-0.39, 0.29) is 29.2 Å². The molecule has 0 radical (unpaired) electrons. The van der Waals surface area contributed by atoms with E-state index >= 15 is 0 Å². The quantitative estimate of drug-likeness (QED) is 0.739. The maximum absolute atomic E-state index is 12.6. The van der Waals surface area contributed by atoms with Crippen molar-refractivity contribution >= 4 is 21.8 Å². The van der Waals surface area contributed by atoms with E-state index in [1.807, 2.05) is 0 Å². The molecule has 1 heterocycles. The lowest BCUT2D eigenvalue weighted by molar-refractivity contribution is -0.126. The Bertz CT molecular complexity index is 751. The van der Waals surface area contributed by atoms with Crippen LogP contribution in [0.5, 0.6) is 0 Å². The summed E-state index contributed by atoms with van der Waals surface area (Å²) in [6, 6.07) is 6.58. The van der Waals surface area contributed by atoms with Crippen molar-refractivity contribution in [2.24, 2.45) is 5.92 Å². The van der Waals surface area contributed by atoms with Gasteiger partial charge in [-0.2, -0.15) is 4.31 Å². The molecule has 1 saturated carbocycles. The van der Waals surface area contributed by atoms with Gasteiger partial charge in [-0.3, -0.25) is 9.59 Å². The fourth-order valence-corrected chi connectivity index (χ4v) is 4.47. The van der Waals surface area contributed by atoms with Crippen LogP contribution in [0.1, 0.15) is 37.7 Å². The fraction of sp³-hybridized carbons (Fsp3) is 0.556. The summed E-state index contributed by atoms with van der Waals surface area (Å²) >= 11 is 0. The maximum atomic E-state index is 12.6. The molecule has 1 aliphatic carbocycles. The topological polar surface area (TPSA) is 95.6 Å². The minimum Gasteiger partial charge on any atom is -0.350 e. The standard InChI is InChI=1S/C18H25N3O4S/c22-17(13-20-18(23)15-6-7-15)19-12-14-4-8-16(9-5-14)26(24,25)21-10-2-1-3-11-21/h4-5,8-9,15H,1-3,6-7,10-13H2,(H,19,22)(H,20,23). The molecule has 1 aliphatic heterocycles. The minimum absolute atomic E-state index is 0.0310. The Balaban J connectivity index is 1.49. The highest BCUT2D eigenvalue weighted by atomic mass is 32.2. The summed E-state index contributed by atoms with van der Waals surface area (Å²) < 4.78 is 26.7. The number of sulfonamides is 1. The Morgan fingerprint density at radius 3 is 2.27 bits per heavy atom. The number of rotatable bonds is 7. The Kier molecular flexibility index (Phi) is 5.93. The number of amides is 2. The van der Waals surface area contributed by atoms with Crippen molar-refractivity contribution < 1.29 is 18.0 Å². The van der Waals surface area contributed by atoms with Crippen molar-refractivity contribution in [1.29, 1.82) is 0 Å². The largest absolute Gasteiger partial charge is 0.350 e. The Hall–Kier alpha value is -1.93. The van der Waals surface area contributed by atoms with Crippen LogP contribution in [0, 0.1) is 5.92 Å². The van der Waals surface area contributed by atoms with Crippen LogP contribution in [-0.4, -0.2) is 44.2 Å². The first-order valence-electron chi connectivity index (χ1n) is 9.10. The van der Waals surface area contributed by atoms with Crippen LogP contribution in [-0.2, 0) is 26.2 Å². The first kappa shape index (κ1) is 18.8. The van der Waals surface area contributed by atoms with Gasteiger partial charge in [0, 0.05) is 25.6 Å².